The van der Waals surface area contributed by atoms with Crippen molar-refractivity contribution in [1.82, 2.24) is 10.2 Å². The highest BCUT2D eigenvalue weighted by Crippen LogP contribution is 2.08. The molecule has 5 nitrogen and oxygen atoms in total. The number of carbonyl (C=O) groups excluding carboxylic acids is 2. The minimum Gasteiger partial charge on any atom is -0.379 e. The van der Waals surface area contributed by atoms with E-state index in [2.05, 4.69) is 10.2 Å². The van der Waals surface area contributed by atoms with Crippen molar-refractivity contribution in [2.24, 2.45) is 0 Å². The van der Waals surface area contributed by atoms with Gasteiger partial charge in [0.2, 0.25) is 5.91 Å². The second-order valence-corrected chi connectivity index (χ2v) is 5.52. The molecule has 1 atom stereocenters. The molecule has 6 heteroatoms. The summed E-state index contributed by atoms with van der Waals surface area (Å²) >= 11 is 1.39. The summed E-state index contributed by atoms with van der Waals surface area (Å²) in [6.07, 6.45) is 0. The van der Waals surface area contributed by atoms with E-state index in [1.807, 2.05) is 18.4 Å². The van der Waals surface area contributed by atoms with Gasteiger partial charge in [-0.1, -0.05) is 6.07 Å². The monoisotopic (exact) mass is 282 g/mol. The smallest absolute Gasteiger partial charge is 0.234 e. The lowest BCUT2D eigenvalue weighted by molar-refractivity contribution is -0.124. The molecule has 1 aliphatic rings. The highest BCUT2D eigenvalue weighted by molar-refractivity contribution is 7.12. The van der Waals surface area contributed by atoms with Crippen LogP contribution >= 0.6 is 11.3 Å². The van der Waals surface area contributed by atoms with Crippen molar-refractivity contribution < 1.29 is 14.3 Å². The Morgan fingerprint density at radius 3 is 3.11 bits per heavy atom. The van der Waals surface area contributed by atoms with Crippen LogP contribution in [-0.4, -0.2) is 55.5 Å². The molecule has 2 heterocycles. The molecule has 19 heavy (non-hydrogen) atoms. The summed E-state index contributed by atoms with van der Waals surface area (Å²) in [6, 6.07) is 3.84. The first kappa shape index (κ1) is 14.2. The zero-order chi connectivity index (χ0) is 13.7. The van der Waals surface area contributed by atoms with E-state index in [1.54, 1.807) is 6.07 Å². The molecule has 1 aromatic heterocycles. The molecule has 0 radical (unpaired) electrons. The Kier molecular flexibility index (Phi) is 5.07. The average Bonchev–Trinajstić information content (AvgIpc) is 2.93. The number of hydrogen-bond acceptors (Lipinski definition) is 5. The van der Waals surface area contributed by atoms with E-state index in [9.17, 15) is 9.59 Å². The van der Waals surface area contributed by atoms with Crippen molar-refractivity contribution in [1.29, 1.82) is 0 Å². The zero-order valence-electron chi connectivity index (χ0n) is 10.9. The molecule has 1 aromatic rings. The Balaban J connectivity index is 1.74. The minimum absolute atomic E-state index is 0.0432. The lowest BCUT2D eigenvalue weighted by atomic mass is 10.2. The molecule has 1 saturated heterocycles. The molecule has 1 N–H and O–H groups in total. The Labute approximate surface area is 116 Å². The van der Waals surface area contributed by atoms with E-state index in [0.29, 0.717) is 24.6 Å². The Bertz CT molecular complexity index is 433. The maximum atomic E-state index is 11.8. The van der Waals surface area contributed by atoms with Crippen LogP contribution in [0.25, 0.3) is 0 Å². The summed E-state index contributed by atoms with van der Waals surface area (Å²) < 4.78 is 5.31. The molecular formula is C13H18N2O3S. The summed E-state index contributed by atoms with van der Waals surface area (Å²) in [5.41, 5.74) is 0. The molecule has 2 rings (SSSR count). The van der Waals surface area contributed by atoms with Gasteiger partial charge in [-0.2, -0.15) is 0 Å². The third-order valence-corrected chi connectivity index (χ3v) is 4.00. The molecule has 0 aromatic carbocycles. The maximum Gasteiger partial charge on any atom is 0.234 e. The molecule has 1 amide bonds. The SMILES string of the molecule is C[C@@H]1COCCN1CC(=O)NCC(=O)c1cccs1. The molecular weight excluding hydrogens is 264 g/mol. The van der Waals surface area contributed by atoms with Gasteiger partial charge in [0, 0.05) is 12.6 Å². The number of Topliss-reactive ketones (excluding diaryl/α,β-unsaturated/α-hetero) is 1. The predicted molar refractivity (Wildman–Crippen MR) is 73.5 cm³/mol. The molecule has 0 saturated carbocycles. The van der Waals surface area contributed by atoms with E-state index < -0.39 is 0 Å². The first-order chi connectivity index (χ1) is 9.16. The van der Waals surface area contributed by atoms with Gasteiger partial charge in [0.1, 0.15) is 0 Å². The van der Waals surface area contributed by atoms with Crippen LogP contribution in [0.1, 0.15) is 16.6 Å². The quantitative estimate of drug-likeness (QED) is 0.810. The Morgan fingerprint density at radius 2 is 2.42 bits per heavy atom. The van der Waals surface area contributed by atoms with Crippen molar-refractivity contribution in [3.05, 3.63) is 22.4 Å². The van der Waals surface area contributed by atoms with E-state index in [4.69, 9.17) is 4.74 Å². The van der Waals surface area contributed by atoms with Crippen molar-refractivity contribution >= 4 is 23.0 Å². The summed E-state index contributed by atoms with van der Waals surface area (Å²) in [6.45, 7) is 4.49. The average molecular weight is 282 g/mol. The molecule has 0 aliphatic carbocycles. The summed E-state index contributed by atoms with van der Waals surface area (Å²) in [4.78, 5) is 26.3. The number of rotatable bonds is 5. The van der Waals surface area contributed by atoms with Crippen LogP contribution in [0, 0.1) is 0 Å². The van der Waals surface area contributed by atoms with E-state index in [1.165, 1.54) is 11.3 Å². The van der Waals surface area contributed by atoms with Crippen LogP contribution in [-0.2, 0) is 9.53 Å². The lowest BCUT2D eigenvalue weighted by Crippen LogP contribution is -2.48. The van der Waals surface area contributed by atoms with E-state index >= 15 is 0 Å². The van der Waals surface area contributed by atoms with E-state index in [-0.39, 0.29) is 24.3 Å². The van der Waals surface area contributed by atoms with E-state index in [0.717, 1.165) is 6.54 Å². The molecule has 104 valence electrons. The largest absolute Gasteiger partial charge is 0.379 e. The van der Waals surface area contributed by atoms with Crippen molar-refractivity contribution in [3.63, 3.8) is 0 Å². The fourth-order valence-corrected chi connectivity index (χ4v) is 2.60. The van der Waals surface area contributed by atoms with Gasteiger partial charge < -0.3 is 10.1 Å². The number of thiophene rings is 1. The third kappa shape index (κ3) is 4.12. The van der Waals surface area contributed by atoms with Crippen LogP contribution in [0.4, 0.5) is 0 Å². The summed E-state index contributed by atoms with van der Waals surface area (Å²) in [5, 5.41) is 4.53. The van der Waals surface area contributed by atoms with Gasteiger partial charge >= 0.3 is 0 Å². The van der Waals surface area contributed by atoms with Crippen LogP contribution in [0.15, 0.2) is 17.5 Å². The van der Waals surface area contributed by atoms with Gasteiger partial charge in [0.05, 0.1) is 31.2 Å². The number of carbonyl (C=O) groups is 2. The fraction of sp³-hybridized carbons (Fsp3) is 0.538. The van der Waals surface area contributed by atoms with Crippen molar-refractivity contribution in [2.75, 3.05) is 32.8 Å². The highest BCUT2D eigenvalue weighted by Gasteiger charge is 2.21. The standard InChI is InChI=1S/C13H18N2O3S/c1-10-9-18-5-4-15(10)8-13(17)14-7-11(16)12-3-2-6-19-12/h2-3,6,10H,4-5,7-9H2,1H3,(H,14,17)/t10-/m1/s1. The zero-order valence-corrected chi connectivity index (χ0v) is 11.7. The van der Waals surface area contributed by atoms with Crippen LogP contribution < -0.4 is 5.32 Å². The summed E-state index contributed by atoms with van der Waals surface area (Å²) in [5.74, 6) is -0.156. The second-order valence-electron chi connectivity index (χ2n) is 4.57. The van der Waals surface area contributed by atoms with Gasteiger partial charge in [0.25, 0.3) is 0 Å². The number of nitrogens with zero attached hydrogens (tertiary/aromatic N) is 1. The number of nitrogens with one attached hydrogen (secondary N) is 1. The second kappa shape index (κ2) is 6.79. The topological polar surface area (TPSA) is 58.6 Å². The Morgan fingerprint density at radius 1 is 1.58 bits per heavy atom. The molecule has 1 aliphatic heterocycles. The number of hydrogen-bond donors (Lipinski definition) is 1. The molecule has 0 unspecified atom stereocenters. The number of morpholine rings is 1. The predicted octanol–water partition coefficient (Wildman–Crippen LogP) is 0.768. The first-order valence-corrected chi connectivity index (χ1v) is 7.20. The first-order valence-electron chi connectivity index (χ1n) is 6.32. The highest BCUT2D eigenvalue weighted by atomic mass is 32.1. The van der Waals surface area contributed by atoms with Gasteiger partial charge in [0.15, 0.2) is 5.78 Å². The molecule has 1 fully saturated rings. The number of ketones is 1. The fourth-order valence-electron chi connectivity index (χ4n) is 1.94. The maximum absolute atomic E-state index is 11.8. The minimum atomic E-state index is -0.112. The normalized spacial score (nSPS) is 20.2. The molecule has 0 spiro atoms. The summed E-state index contributed by atoms with van der Waals surface area (Å²) in [7, 11) is 0. The molecule has 0 bridgehead atoms. The Hall–Kier alpha value is -1.24. The van der Waals surface area contributed by atoms with Gasteiger partial charge in [-0.05, 0) is 18.4 Å². The number of ether oxygens (including phenoxy) is 1. The van der Waals surface area contributed by atoms with Crippen LogP contribution in [0.2, 0.25) is 0 Å². The lowest BCUT2D eigenvalue weighted by Gasteiger charge is -2.32. The third-order valence-electron chi connectivity index (χ3n) is 3.09. The van der Waals surface area contributed by atoms with Crippen LogP contribution in [0.5, 0.6) is 0 Å². The van der Waals surface area contributed by atoms with Crippen molar-refractivity contribution in [3.8, 4) is 0 Å². The van der Waals surface area contributed by atoms with Crippen LogP contribution in [0.3, 0.4) is 0 Å². The van der Waals surface area contributed by atoms with Gasteiger partial charge in [-0.3, -0.25) is 14.5 Å². The van der Waals surface area contributed by atoms with Gasteiger partial charge in [-0.15, -0.1) is 11.3 Å². The van der Waals surface area contributed by atoms with Crippen molar-refractivity contribution in [2.45, 2.75) is 13.0 Å². The van der Waals surface area contributed by atoms with Gasteiger partial charge in [-0.25, -0.2) is 0 Å². The number of amides is 1.